The second kappa shape index (κ2) is 10.2. The van der Waals surface area contributed by atoms with Gasteiger partial charge in [-0.05, 0) is 81.4 Å². The number of hydrogen-bond donors (Lipinski definition) is 1. The lowest BCUT2D eigenvalue weighted by Gasteiger charge is -2.39. The van der Waals surface area contributed by atoms with E-state index in [1.807, 2.05) is 13.8 Å². The molecule has 0 radical (unpaired) electrons. The van der Waals surface area contributed by atoms with Gasteiger partial charge in [-0.15, -0.1) is 0 Å². The molecule has 2 nitrogen and oxygen atoms in total. The monoisotopic (exact) mass is 402 g/mol. The van der Waals surface area contributed by atoms with Gasteiger partial charge in [0.05, 0.1) is 0 Å². The highest BCUT2D eigenvalue weighted by Gasteiger charge is 2.35. The summed E-state index contributed by atoms with van der Waals surface area (Å²) in [4.78, 5) is 0. The van der Waals surface area contributed by atoms with Crippen LogP contribution in [0.5, 0.6) is 11.5 Å². The topological polar surface area (TPSA) is 29.5 Å². The number of ether oxygens (including phenoxy) is 1. The van der Waals surface area contributed by atoms with Gasteiger partial charge in [-0.1, -0.05) is 66.2 Å². The minimum atomic E-state index is -0.0874. The van der Waals surface area contributed by atoms with Gasteiger partial charge in [0.1, 0.15) is 17.1 Å². The molecule has 0 bridgehead atoms. The third kappa shape index (κ3) is 6.40. The highest BCUT2D eigenvalue weighted by atomic mass is 16.5. The van der Waals surface area contributed by atoms with Crippen LogP contribution in [0.25, 0.3) is 0 Å². The molecule has 1 aliphatic rings. The number of benzene rings is 1. The molecule has 29 heavy (non-hydrogen) atoms. The maximum Gasteiger partial charge on any atom is 0.127 e. The van der Waals surface area contributed by atoms with E-state index in [1.54, 1.807) is 0 Å². The number of phenolic OH excluding ortho intramolecular Hbond substituents is 1. The van der Waals surface area contributed by atoms with Crippen molar-refractivity contribution in [3.63, 3.8) is 0 Å². The zero-order valence-electron chi connectivity index (χ0n) is 20.5. The number of fused-ring (bicyclic) bond motifs is 1. The Bertz CT molecular complexity index is 676. The van der Waals surface area contributed by atoms with Crippen LogP contribution in [-0.2, 0) is 6.42 Å². The van der Waals surface area contributed by atoms with Gasteiger partial charge in [0.15, 0.2) is 0 Å². The molecule has 0 amide bonds. The number of aromatic hydroxyl groups is 1. The van der Waals surface area contributed by atoms with E-state index in [2.05, 4.69) is 41.5 Å². The SMILES string of the molecule is Cc1c(C)c2c(c(C)c1O)CC[C@](C)(C[C@@H](C)CCC[C@@H](C)CCCC(C)C)O2. The van der Waals surface area contributed by atoms with Crippen molar-refractivity contribution in [2.75, 3.05) is 0 Å². The lowest BCUT2D eigenvalue weighted by atomic mass is 9.81. The molecule has 1 heterocycles. The smallest absolute Gasteiger partial charge is 0.127 e. The van der Waals surface area contributed by atoms with E-state index in [9.17, 15) is 5.11 Å². The summed E-state index contributed by atoms with van der Waals surface area (Å²) < 4.78 is 6.63. The molecule has 1 aliphatic heterocycles. The Hall–Kier alpha value is -1.18. The minimum Gasteiger partial charge on any atom is -0.507 e. The highest BCUT2D eigenvalue weighted by molar-refractivity contribution is 5.58. The first kappa shape index (κ1) is 24.1. The van der Waals surface area contributed by atoms with E-state index in [0.717, 1.165) is 53.5 Å². The van der Waals surface area contributed by atoms with Crippen molar-refractivity contribution in [1.82, 2.24) is 0 Å². The van der Waals surface area contributed by atoms with Gasteiger partial charge in [0.2, 0.25) is 0 Å². The second-order valence-electron chi connectivity index (χ2n) is 10.8. The van der Waals surface area contributed by atoms with Crippen LogP contribution in [-0.4, -0.2) is 10.7 Å². The largest absolute Gasteiger partial charge is 0.507 e. The van der Waals surface area contributed by atoms with E-state index in [-0.39, 0.29) is 5.60 Å². The van der Waals surface area contributed by atoms with Crippen LogP contribution in [0.3, 0.4) is 0 Å². The molecule has 166 valence electrons. The van der Waals surface area contributed by atoms with Crippen LogP contribution in [0, 0.1) is 38.5 Å². The number of hydrogen-bond acceptors (Lipinski definition) is 2. The summed E-state index contributed by atoms with van der Waals surface area (Å²) >= 11 is 0. The highest BCUT2D eigenvalue weighted by Crippen LogP contribution is 2.45. The van der Waals surface area contributed by atoms with Crippen LogP contribution >= 0.6 is 0 Å². The standard InChI is InChI=1S/C27H46O2/c1-18(2)11-9-12-19(3)13-10-14-20(4)17-27(8)16-15-24-23(7)25(28)21(5)22(6)26(24)29-27/h18-20,28H,9-17H2,1-8H3/t19-,20-,27+/m0/s1. The van der Waals surface area contributed by atoms with Crippen LogP contribution < -0.4 is 4.74 Å². The fourth-order valence-electron chi connectivity index (χ4n) is 5.11. The Labute approximate surface area is 180 Å². The van der Waals surface area contributed by atoms with E-state index in [0.29, 0.717) is 11.7 Å². The molecule has 2 heteroatoms. The molecule has 1 aromatic rings. The van der Waals surface area contributed by atoms with Crippen LogP contribution in [0.15, 0.2) is 0 Å². The molecule has 0 fully saturated rings. The normalized spacial score (nSPS) is 21.0. The van der Waals surface area contributed by atoms with Crippen molar-refractivity contribution >= 4 is 0 Å². The van der Waals surface area contributed by atoms with Crippen LogP contribution in [0.4, 0.5) is 0 Å². The lowest BCUT2D eigenvalue weighted by Crippen LogP contribution is -2.38. The second-order valence-corrected chi connectivity index (χ2v) is 10.8. The maximum atomic E-state index is 10.4. The molecular formula is C27H46O2. The van der Waals surface area contributed by atoms with Gasteiger partial charge >= 0.3 is 0 Å². The quantitative estimate of drug-likeness (QED) is 0.429. The molecule has 0 saturated carbocycles. The summed E-state index contributed by atoms with van der Waals surface area (Å²) in [6.45, 7) is 17.9. The maximum absolute atomic E-state index is 10.4. The van der Waals surface area contributed by atoms with E-state index >= 15 is 0 Å². The third-order valence-electron chi connectivity index (χ3n) is 7.25. The first-order valence-electron chi connectivity index (χ1n) is 12.0. The molecular weight excluding hydrogens is 356 g/mol. The van der Waals surface area contributed by atoms with Gasteiger partial charge in [0, 0.05) is 5.56 Å². The Morgan fingerprint density at radius 3 is 2.07 bits per heavy atom. The molecule has 1 N–H and O–H groups in total. The van der Waals surface area contributed by atoms with Crippen molar-refractivity contribution in [2.24, 2.45) is 17.8 Å². The van der Waals surface area contributed by atoms with Crippen molar-refractivity contribution in [3.05, 3.63) is 22.3 Å². The van der Waals surface area contributed by atoms with Gasteiger partial charge < -0.3 is 9.84 Å². The van der Waals surface area contributed by atoms with Gasteiger partial charge in [-0.2, -0.15) is 0 Å². The molecule has 0 aromatic heterocycles. The zero-order valence-corrected chi connectivity index (χ0v) is 20.5. The number of rotatable bonds is 10. The molecule has 0 saturated heterocycles. The summed E-state index contributed by atoms with van der Waals surface area (Å²) in [6, 6.07) is 0. The Kier molecular flexibility index (Phi) is 8.49. The molecule has 0 unspecified atom stereocenters. The van der Waals surface area contributed by atoms with Gasteiger partial charge in [-0.25, -0.2) is 0 Å². The molecule has 1 aromatic carbocycles. The predicted octanol–water partition coefficient (Wildman–Crippen LogP) is 8.06. The van der Waals surface area contributed by atoms with Crippen LogP contribution in [0.1, 0.15) is 108 Å². The summed E-state index contributed by atoms with van der Waals surface area (Å²) in [5.74, 6) is 3.87. The zero-order chi connectivity index (χ0) is 21.8. The van der Waals surface area contributed by atoms with Crippen molar-refractivity contribution in [2.45, 2.75) is 119 Å². The summed E-state index contributed by atoms with van der Waals surface area (Å²) in [5.41, 5.74) is 4.20. The first-order chi connectivity index (χ1) is 13.5. The van der Waals surface area contributed by atoms with E-state index < -0.39 is 0 Å². The molecule has 2 rings (SSSR count). The van der Waals surface area contributed by atoms with Crippen molar-refractivity contribution in [3.8, 4) is 11.5 Å². The molecule has 0 spiro atoms. The predicted molar refractivity (Wildman–Crippen MR) is 125 cm³/mol. The summed E-state index contributed by atoms with van der Waals surface area (Å²) in [6.07, 6.45) is 11.3. The average molecular weight is 403 g/mol. The lowest BCUT2D eigenvalue weighted by molar-refractivity contribution is 0.0389. The summed E-state index contributed by atoms with van der Waals surface area (Å²) in [7, 11) is 0. The molecule has 3 atom stereocenters. The Balaban J connectivity index is 1.86. The van der Waals surface area contributed by atoms with Crippen molar-refractivity contribution in [1.29, 1.82) is 0 Å². The fourth-order valence-corrected chi connectivity index (χ4v) is 5.11. The Morgan fingerprint density at radius 2 is 1.45 bits per heavy atom. The van der Waals surface area contributed by atoms with Gasteiger partial charge in [0.25, 0.3) is 0 Å². The number of phenols is 1. The van der Waals surface area contributed by atoms with Gasteiger partial charge in [-0.3, -0.25) is 0 Å². The molecule has 0 aliphatic carbocycles. The fraction of sp³-hybridized carbons (Fsp3) is 0.778. The minimum absolute atomic E-state index is 0.0874. The van der Waals surface area contributed by atoms with Crippen molar-refractivity contribution < 1.29 is 9.84 Å². The van der Waals surface area contributed by atoms with E-state index in [1.165, 1.54) is 44.1 Å². The first-order valence-corrected chi connectivity index (χ1v) is 12.0. The Morgan fingerprint density at radius 1 is 0.862 bits per heavy atom. The average Bonchev–Trinajstić information content (AvgIpc) is 2.64. The van der Waals surface area contributed by atoms with E-state index in [4.69, 9.17) is 4.74 Å². The van der Waals surface area contributed by atoms with Crippen LogP contribution in [0.2, 0.25) is 0 Å². The third-order valence-corrected chi connectivity index (χ3v) is 7.25. The summed E-state index contributed by atoms with van der Waals surface area (Å²) in [5, 5.41) is 10.4.